The Bertz CT molecular complexity index is 476. The van der Waals surface area contributed by atoms with Gasteiger partial charge >= 0.3 is 6.03 Å². The molecule has 0 spiro atoms. The van der Waals surface area contributed by atoms with Crippen LogP contribution in [0.1, 0.15) is 36.9 Å². The van der Waals surface area contributed by atoms with Crippen molar-refractivity contribution in [2.24, 2.45) is 0 Å². The van der Waals surface area contributed by atoms with Gasteiger partial charge in [-0.2, -0.15) is 0 Å². The number of nitrogens with one attached hydrogen (secondary N) is 2. The maximum atomic E-state index is 12.0. The molecule has 20 heavy (non-hydrogen) atoms. The Kier molecular flexibility index (Phi) is 4.83. The Morgan fingerprint density at radius 2 is 2.00 bits per heavy atom. The van der Waals surface area contributed by atoms with Gasteiger partial charge in [-0.05, 0) is 51.2 Å². The van der Waals surface area contributed by atoms with Crippen LogP contribution >= 0.6 is 11.6 Å². The first-order valence-corrected chi connectivity index (χ1v) is 7.23. The van der Waals surface area contributed by atoms with Gasteiger partial charge in [-0.3, -0.25) is 0 Å². The highest BCUT2D eigenvalue weighted by Crippen LogP contribution is 2.24. The van der Waals surface area contributed by atoms with E-state index in [2.05, 4.69) is 15.6 Å². The summed E-state index contributed by atoms with van der Waals surface area (Å²) in [6.07, 6.45) is 2.84. The molecule has 5 nitrogen and oxygen atoms in total. The van der Waals surface area contributed by atoms with Gasteiger partial charge in [-0.1, -0.05) is 11.6 Å². The van der Waals surface area contributed by atoms with Crippen molar-refractivity contribution in [1.29, 1.82) is 0 Å². The topological polar surface area (TPSA) is 74.2 Å². The molecule has 1 aromatic heterocycles. The number of amides is 2. The molecule has 0 atom stereocenters. The summed E-state index contributed by atoms with van der Waals surface area (Å²) in [5, 5.41) is 15.4. The van der Waals surface area contributed by atoms with E-state index in [9.17, 15) is 9.90 Å². The lowest BCUT2D eigenvalue weighted by Crippen LogP contribution is -2.41. The SMILES string of the molecule is Cc1cc(C)c(NC(=O)NC2CCC(O)CC2)c(Cl)n1. The van der Waals surface area contributed by atoms with Crippen molar-refractivity contribution in [3.05, 3.63) is 22.5 Å². The molecule has 6 heteroatoms. The molecule has 1 saturated carbocycles. The summed E-state index contributed by atoms with van der Waals surface area (Å²) >= 11 is 6.05. The predicted octanol–water partition coefficient (Wildman–Crippen LogP) is 2.78. The quantitative estimate of drug-likeness (QED) is 0.735. The minimum absolute atomic E-state index is 0.107. The number of aromatic nitrogens is 1. The van der Waals surface area contributed by atoms with E-state index in [1.54, 1.807) is 0 Å². The minimum atomic E-state index is -0.276. The highest BCUT2D eigenvalue weighted by atomic mass is 35.5. The fraction of sp³-hybridized carbons (Fsp3) is 0.571. The normalized spacial score (nSPS) is 22.4. The third-order valence-electron chi connectivity index (χ3n) is 3.57. The molecule has 3 N–H and O–H groups in total. The van der Waals surface area contributed by atoms with Gasteiger partial charge < -0.3 is 15.7 Å². The van der Waals surface area contributed by atoms with Crippen molar-refractivity contribution in [1.82, 2.24) is 10.3 Å². The summed E-state index contributed by atoms with van der Waals surface area (Å²) in [7, 11) is 0. The highest BCUT2D eigenvalue weighted by Gasteiger charge is 2.21. The number of aliphatic hydroxyl groups excluding tert-OH is 1. The van der Waals surface area contributed by atoms with Gasteiger partial charge in [0, 0.05) is 11.7 Å². The number of aliphatic hydroxyl groups is 1. The molecule has 1 aliphatic rings. The van der Waals surface area contributed by atoms with Gasteiger partial charge in [-0.15, -0.1) is 0 Å². The number of rotatable bonds is 2. The number of hydrogen-bond acceptors (Lipinski definition) is 3. The second-order valence-corrected chi connectivity index (χ2v) is 5.71. The van der Waals surface area contributed by atoms with E-state index < -0.39 is 0 Å². The van der Waals surface area contributed by atoms with Crippen molar-refractivity contribution in [2.45, 2.75) is 51.7 Å². The maximum absolute atomic E-state index is 12.0. The number of pyridine rings is 1. The summed E-state index contributed by atoms with van der Waals surface area (Å²) < 4.78 is 0. The Labute approximate surface area is 123 Å². The summed E-state index contributed by atoms with van der Waals surface area (Å²) in [6.45, 7) is 3.74. The maximum Gasteiger partial charge on any atom is 0.319 e. The number of urea groups is 1. The molecule has 0 radical (unpaired) electrons. The molecule has 110 valence electrons. The van der Waals surface area contributed by atoms with Crippen LogP contribution in [-0.4, -0.2) is 28.3 Å². The molecule has 0 saturated heterocycles. The average Bonchev–Trinajstić information content (AvgIpc) is 2.36. The van der Waals surface area contributed by atoms with Crippen molar-refractivity contribution < 1.29 is 9.90 Å². The van der Waals surface area contributed by atoms with Crippen molar-refractivity contribution in [3.63, 3.8) is 0 Å². The second-order valence-electron chi connectivity index (χ2n) is 5.35. The molecular formula is C14H20ClN3O2. The third kappa shape index (κ3) is 3.84. The number of hydrogen-bond donors (Lipinski definition) is 3. The Balaban J connectivity index is 1.95. The van der Waals surface area contributed by atoms with E-state index in [0.29, 0.717) is 10.8 Å². The van der Waals surface area contributed by atoms with Crippen LogP contribution < -0.4 is 10.6 Å². The van der Waals surface area contributed by atoms with Crippen LogP contribution in [0.15, 0.2) is 6.07 Å². The molecule has 0 unspecified atom stereocenters. The number of aryl methyl sites for hydroxylation is 2. The van der Waals surface area contributed by atoms with Crippen LogP contribution in [0.4, 0.5) is 10.5 Å². The zero-order valence-electron chi connectivity index (χ0n) is 11.7. The van der Waals surface area contributed by atoms with Crippen LogP contribution in [0.3, 0.4) is 0 Å². The molecule has 1 aromatic rings. The van der Waals surface area contributed by atoms with Gasteiger partial charge in [0.05, 0.1) is 11.8 Å². The first kappa shape index (κ1) is 15.1. The predicted molar refractivity (Wildman–Crippen MR) is 79.1 cm³/mol. The molecule has 0 aliphatic heterocycles. The zero-order chi connectivity index (χ0) is 14.7. The van der Waals surface area contributed by atoms with E-state index in [-0.39, 0.29) is 18.2 Å². The van der Waals surface area contributed by atoms with E-state index in [1.807, 2.05) is 19.9 Å². The molecule has 1 heterocycles. The molecule has 2 amide bonds. The standard InChI is InChI=1S/C14H20ClN3O2/c1-8-7-9(2)16-13(15)12(8)18-14(20)17-10-3-5-11(19)6-4-10/h7,10-11,19H,3-6H2,1-2H3,(H2,17,18,20). The van der Waals surface area contributed by atoms with Crippen LogP contribution in [-0.2, 0) is 0 Å². The second kappa shape index (κ2) is 6.41. The highest BCUT2D eigenvalue weighted by molar-refractivity contribution is 6.32. The average molecular weight is 298 g/mol. The Hall–Kier alpha value is -1.33. The smallest absolute Gasteiger partial charge is 0.319 e. The zero-order valence-corrected chi connectivity index (χ0v) is 12.5. The van der Waals surface area contributed by atoms with Gasteiger partial charge in [0.2, 0.25) is 0 Å². The molecule has 1 fully saturated rings. The molecular weight excluding hydrogens is 278 g/mol. The Morgan fingerprint density at radius 1 is 1.35 bits per heavy atom. The van der Waals surface area contributed by atoms with Gasteiger partial charge in [0.25, 0.3) is 0 Å². The molecule has 0 bridgehead atoms. The fourth-order valence-corrected chi connectivity index (χ4v) is 2.83. The molecule has 0 aromatic carbocycles. The minimum Gasteiger partial charge on any atom is -0.393 e. The van der Waals surface area contributed by atoms with Crippen molar-refractivity contribution in [3.8, 4) is 0 Å². The molecule has 1 aliphatic carbocycles. The summed E-state index contributed by atoms with van der Waals surface area (Å²) in [6, 6.07) is 1.70. The molecule has 2 rings (SSSR count). The van der Waals surface area contributed by atoms with Crippen molar-refractivity contribution >= 4 is 23.3 Å². The van der Waals surface area contributed by atoms with Gasteiger partial charge in [0.1, 0.15) is 0 Å². The first-order valence-electron chi connectivity index (χ1n) is 6.85. The fourth-order valence-electron chi connectivity index (χ4n) is 2.50. The van der Waals surface area contributed by atoms with Crippen LogP contribution in [0.5, 0.6) is 0 Å². The van der Waals surface area contributed by atoms with Gasteiger partial charge in [-0.25, -0.2) is 9.78 Å². The van der Waals surface area contributed by atoms with Crippen LogP contribution in [0.2, 0.25) is 5.15 Å². The monoisotopic (exact) mass is 297 g/mol. The number of halogens is 1. The van der Waals surface area contributed by atoms with E-state index in [1.165, 1.54) is 0 Å². The van der Waals surface area contributed by atoms with E-state index >= 15 is 0 Å². The summed E-state index contributed by atoms with van der Waals surface area (Å²) in [5.41, 5.74) is 2.25. The lowest BCUT2D eigenvalue weighted by molar-refractivity contribution is 0.118. The summed E-state index contributed by atoms with van der Waals surface area (Å²) in [4.78, 5) is 16.1. The largest absolute Gasteiger partial charge is 0.393 e. The summed E-state index contributed by atoms with van der Waals surface area (Å²) in [5.74, 6) is 0. The lowest BCUT2D eigenvalue weighted by Gasteiger charge is -2.26. The lowest BCUT2D eigenvalue weighted by atomic mass is 9.93. The number of carbonyl (C=O) groups excluding carboxylic acids is 1. The van der Waals surface area contributed by atoms with Gasteiger partial charge in [0.15, 0.2) is 5.15 Å². The third-order valence-corrected chi connectivity index (χ3v) is 3.84. The number of anilines is 1. The van der Waals surface area contributed by atoms with E-state index in [0.717, 1.165) is 36.9 Å². The van der Waals surface area contributed by atoms with E-state index in [4.69, 9.17) is 11.6 Å². The van der Waals surface area contributed by atoms with Crippen LogP contribution in [0, 0.1) is 13.8 Å². The number of nitrogens with zero attached hydrogens (tertiary/aromatic N) is 1. The number of carbonyl (C=O) groups is 1. The first-order chi connectivity index (χ1) is 9.45. The van der Waals surface area contributed by atoms with Crippen LogP contribution in [0.25, 0.3) is 0 Å². The Morgan fingerprint density at radius 3 is 2.60 bits per heavy atom. The van der Waals surface area contributed by atoms with Crippen molar-refractivity contribution in [2.75, 3.05) is 5.32 Å².